The Hall–Kier alpha value is -0.860. The highest BCUT2D eigenvalue weighted by Gasteiger charge is 2.62. The highest BCUT2D eigenvalue weighted by molar-refractivity contribution is 6.00. The number of rotatable bonds is 0. The number of carbonyl (C=O) groups excluding carboxylic acids is 2. The normalized spacial score (nSPS) is 41.9. The smallest absolute Gasteiger partial charge is 0.224 e. The Morgan fingerprint density at radius 3 is 2.46 bits per heavy atom. The lowest BCUT2D eigenvalue weighted by Crippen LogP contribution is -2.56. The molecule has 2 fully saturated rings. The van der Waals surface area contributed by atoms with Gasteiger partial charge in [-0.25, -0.2) is 0 Å². The van der Waals surface area contributed by atoms with E-state index in [0.29, 0.717) is 12.8 Å². The molecule has 1 saturated heterocycles. The van der Waals surface area contributed by atoms with E-state index in [1.54, 1.807) is 0 Å². The van der Waals surface area contributed by atoms with Gasteiger partial charge in [0, 0.05) is 17.8 Å². The second-order valence-corrected chi connectivity index (χ2v) is 4.85. The van der Waals surface area contributed by atoms with Crippen molar-refractivity contribution in [3.63, 3.8) is 0 Å². The molecule has 0 spiro atoms. The molecule has 1 aliphatic heterocycles. The summed E-state index contributed by atoms with van der Waals surface area (Å²) < 4.78 is 0. The highest BCUT2D eigenvalue weighted by atomic mass is 16.2. The number of amides is 1. The average Bonchev–Trinajstić information content (AvgIpc) is 2.13. The van der Waals surface area contributed by atoms with E-state index < -0.39 is 5.54 Å². The van der Waals surface area contributed by atoms with E-state index in [1.165, 1.54) is 0 Å². The molecule has 0 aromatic heterocycles. The molecule has 1 saturated carbocycles. The zero-order valence-electron chi connectivity index (χ0n) is 8.31. The maximum absolute atomic E-state index is 11.7. The van der Waals surface area contributed by atoms with Crippen LogP contribution in [0.15, 0.2) is 0 Å². The summed E-state index contributed by atoms with van der Waals surface area (Å²) in [6, 6.07) is 0. The summed E-state index contributed by atoms with van der Waals surface area (Å²) >= 11 is 0. The summed E-state index contributed by atoms with van der Waals surface area (Å²) in [5, 5.41) is 2.84. The van der Waals surface area contributed by atoms with Gasteiger partial charge in [-0.2, -0.15) is 0 Å². The largest absolute Gasteiger partial charge is 0.343 e. The van der Waals surface area contributed by atoms with Crippen LogP contribution in [0.2, 0.25) is 0 Å². The molecule has 2 aliphatic rings. The number of hydrogen-bond acceptors (Lipinski definition) is 2. The quantitative estimate of drug-likeness (QED) is 0.603. The number of Topliss-reactive ketones (excluding diaryl/α,β-unsaturated/α-hetero) is 1. The first kappa shape index (κ1) is 8.73. The number of fused-ring (bicyclic) bond motifs is 2. The topological polar surface area (TPSA) is 46.2 Å². The van der Waals surface area contributed by atoms with E-state index in [4.69, 9.17) is 0 Å². The minimum atomic E-state index is -0.618. The third-order valence-electron chi connectivity index (χ3n) is 4.07. The second kappa shape index (κ2) is 2.14. The average molecular weight is 181 g/mol. The summed E-state index contributed by atoms with van der Waals surface area (Å²) in [7, 11) is 0. The van der Waals surface area contributed by atoms with Crippen LogP contribution in [0.25, 0.3) is 0 Å². The molecule has 0 aromatic carbocycles. The van der Waals surface area contributed by atoms with Crippen molar-refractivity contribution in [2.24, 2.45) is 11.3 Å². The lowest BCUT2D eigenvalue weighted by atomic mass is 9.61. The Labute approximate surface area is 77.9 Å². The lowest BCUT2D eigenvalue weighted by Gasteiger charge is -2.42. The van der Waals surface area contributed by atoms with E-state index in [1.807, 2.05) is 20.8 Å². The first-order chi connectivity index (χ1) is 5.89. The number of ketones is 1. The predicted octanol–water partition coefficient (Wildman–Crippen LogP) is 0.880. The molecular formula is C10H15NO2. The Balaban J connectivity index is 2.52. The molecule has 0 radical (unpaired) electrons. The fraction of sp³-hybridized carbons (Fsp3) is 0.800. The van der Waals surface area contributed by atoms with Gasteiger partial charge in [-0.1, -0.05) is 13.8 Å². The molecule has 1 N–H and O–H groups in total. The lowest BCUT2D eigenvalue weighted by molar-refractivity contribution is -0.131. The Morgan fingerprint density at radius 1 is 1.31 bits per heavy atom. The van der Waals surface area contributed by atoms with Gasteiger partial charge < -0.3 is 5.32 Å². The fourth-order valence-electron chi connectivity index (χ4n) is 2.62. The molecule has 0 aromatic rings. The SMILES string of the molecule is CC1(C)[C@@H]2CCC(=O)[C@@]1(C)NC2=O. The van der Waals surface area contributed by atoms with Gasteiger partial charge in [-0.05, 0) is 13.3 Å². The van der Waals surface area contributed by atoms with Crippen LogP contribution in [0.5, 0.6) is 0 Å². The van der Waals surface area contributed by atoms with E-state index in [0.717, 1.165) is 0 Å². The Bertz CT molecular complexity index is 295. The van der Waals surface area contributed by atoms with Gasteiger partial charge in [0.25, 0.3) is 0 Å². The van der Waals surface area contributed by atoms with E-state index in [9.17, 15) is 9.59 Å². The van der Waals surface area contributed by atoms with Crippen LogP contribution >= 0.6 is 0 Å². The summed E-state index contributed by atoms with van der Waals surface area (Å²) in [4.78, 5) is 23.3. The van der Waals surface area contributed by atoms with Gasteiger partial charge in [0.1, 0.15) is 5.54 Å². The van der Waals surface area contributed by atoms with Crippen molar-refractivity contribution in [3.05, 3.63) is 0 Å². The van der Waals surface area contributed by atoms with Crippen molar-refractivity contribution in [3.8, 4) is 0 Å². The Kier molecular flexibility index (Phi) is 1.44. The number of nitrogens with one attached hydrogen (secondary N) is 1. The van der Waals surface area contributed by atoms with Gasteiger partial charge in [0.15, 0.2) is 5.78 Å². The van der Waals surface area contributed by atoms with Crippen LogP contribution in [0, 0.1) is 11.3 Å². The summed E-state index contributed by atoms with van der Waals surface area (Å²) in [6.07, 6.45) is 1.26. The monoisotopic (exact) mass is 181 g/mol. The molecule has 13 heavy (non-hydrogen) atoms. The van der Waals surface area contributed by atoms with E-state index in [2.05, 4.69) is 5.32 Å². The Morgan fingerprint density at radius 2 is 1.92 bits per heavy atom. The summed E-state index contributed by atoms with van der Waals surface area (Å²) in [5.74, 6) is 0.258. The maximum Gasteiger partial charge on any atom is 0.224 e. The molecule has 2 bridgehead atoms. The fourth-order valence-corrected chi connectivity index (χ4v) is 2.62. The molecule has 3 nitrogen and oxygen atoms in total. The minimum Gasteiger partial charge on any atom is -0.343 e. The number of hydrogen-bond donors (Lipinski definition) is 1. The third-order valence-corrected chi connectivity index (χ3v) is 4.07. The van der Waals surface area contributed by atoms with Crippen LogP contribution in [0.4, 0.5) is 0 Å². The van der Waals surface area contributed by atoms with Crippen LogP contribution in [0.1, 0.15) is 33.6 Å². The van der Waals surface area contributed by atoms with Crippen molar-refractivity contribution in [1.82, 2.24) is 5.32 Å². The van der Waals surface area contributed by atoms with E-state index in [-0.39, 0.29) is 23.0 Å². The third kappa shape index (κ3) is 0.798. The molecule has 0 unspecified atom stereocenters. The van der Waals surface area contributed by atoms with Gasteiger partial charge >= 0.3 is 0 Å². The summed E-state index contributed by atoms with van der Waals surface area (Å²) in [6.45, 7) is 5.87. The molecule has 2 rings (SSSR count). The molecular weight excluding hydrogens is 166 g/mol. The maximum atomic E-state index is 11.7. The van der Waals surface area contributed by atoms with Gasteiger partial charge in [-0.15, -0.1) is 0 Å². The minimum absolute atomic E-state index is 0.0233. The zero-order valence-corrected chi connectivity index (χ0v) is 8.31. The molecule has 1 aliphatic carbocycles. The van der Waals surface area contributed by atoms with Crippen molar-refractivity contribution in [2.45, 2.75) is 39.2 Å². The molecule has 1 amide bonds. The summed E-state index contributed by atoms with van der Waals surface area (Å²) in [5.41, 5.74) is -0.841. The van der Waals surface area contributed by atoms with Crippen molar-refractivity contribution in [2.75, 3.05) is 0 Å². The van der Waals surface area contributed by atoms with Gasteiger partial charge in [0.05, 0.1) is 0 Å². The van der Waals surface area contributed by atoms with Gasteiger partial charge in [0.2, 0.25) is 5.91 Å². The molecule has 3 heteroatoms. The van der Waals surface area contributed by atoms with Crippen LogP contribution < -0.4 is 5.32 Å². The predicted molar refractivity (Wildman–Crippen MR) is 48.1 cm³/mol. The van der Waals surface area contributed by atoms with Crippen LogP contribution in [-0.4, -0.2) is 17.2 Å². The van der Waals surface area contributed by atoms with Crippen LogP contribution in [-0.2, 0) is 9.59 Å². The first-order valence-electron chi connectivity index (χ1n) is 4.75. The highest BCUT2D eigenvalue weighted by Crippen LogP contribution is 2.50. The zero-order chi connectivity index (χ0) is 9.85. The van der Waals surface area contributed by atoms with Gasteiger partial charge in [-0.3, -0.25) is 9.59 Å². The van der Waals surface area contributed by atoms with Crippen molar-refractivity contribution < 1.29 is 9.59 Å². The van der Waals surface area contributed by atoms with E-state index >= 15 is 0 Å². The number of carbonyl (C=O) groups is 2. The first-order valence-corrected chi connectivity index (χ1v) is 4.75. The molecule has 2 atom stereocenters. The van der Waals surface area contributed by atoms with Crippen molar-refractivity contribution >= 4 is 11.7 Å². The molecule has 72 valence electrons. The molecule has 1 heterocycles. The standard InChI is InChI=1S/C10H15NO2/c1-9(2)6-4-5-7(12)10(9,3)11-8(6)13/h6H,4-5H2,1-3H3,(H,11,13)/t6-,10-/m1/s1. The van der Waals surface area contributed by atoms with Crippen molar-refractivity contribution in [1.29, 1.82) is 0 Å². The second-order valence-electron chi connectivity index (χ2n) is 4.85. The van der Waals surface area contributed by atoms with Crippen LogP contribution in [0.3, 0.4) is 0 Å².